The van der Waals surface area contributed by atoms with Gasteiger partial charge in [0.2, 0.25) is 0 Å². The molecule has 0 spiro atoms. The number of carboxylic acids is 1. The summed E-state index contributed by atoms with van der Waals surface area (Å²) < 4.78 is 17.6. The minimum atomic E-state index is -1.16. The van der Waals surface area contributed by atoms with Crippen molar-refractivity contribution in [2.75, 3.05) is 25.2 Å². The number of hydrogen-bond acceptors (Lipinski definition) is 6. The number of aryl methyl sites for hydroxylation is 5. The molecular weight excluding hydrogens is 775 g/mol. The third-order valence-electron chi connectivity index (χ3n) is 11.3. The van der Waals surface area contributed by atoms with Crippen LogP contribution in [0.4, 0.5) is 5.69 Å². The van der Waals surface area contributed by atoms with Crippen molar-refractivity contribution in [1.82, 2.24) is 23.9 Å². The summed E-state index contributed by atoms with van der Waals surface area (Å²) >= 11 is 13.6. The van der Waals surface area contributed by atoms with E-state index in [2.05, 4.69) is 16.5 Å². The Morgan fingerprint density at radius 2 is 1.72 bits per heavy atom. The molecule has 7 aromatic rings. The number of carbonyl (C=O) groups excluding carboxylic acids is 1. The number of ether oxygens (including phenoxy) is 2. The molecule has 8 rings (SSSR count). The second-order valence-corrected chi connectivity index (χ2v) is 15.9. The van der Waals surface area contributed by atoms with Crippen molar-refractivity contribution in [3.05, 3.63) is 122 Å². The fourth-order valence-corrected chi connectivity index (χ4v) is 9.03. The van der Waals surface area contributed by atoms with Gasteiger partial charge in [0.05, 0.1) is 53.4 Å². The van der Waals surface area contributed by atoms with Crippen molar-refractivity contribution in [2.45, 2.75) is 60.0 Å². The highest BCUT2D eigenvalue weighted by molar-refractivity contribution is 6.35. The number of pyridine rings is 1. The van der Waals surface area contributed by atoms with Crippen molar-refractivity contribution < 1.29 is 24.2 Å². The number of halogens is 2. The number of methoxy groups -OCH3 is 1. The lowest BCUT2D eigenvalue weighted by atomic mass is 9.98. The first kappa shape index (κ1) is 39.1. The van der Waals surface area contributed by atoms with Crippen LogP contribution in [0.2, 0.25) is 10.0 Å². The van der Waals surface area contributed by atoms with E-state index in [0.717, 1.165) is 55.9 Å². The fourth-order valence-electron chi connectivity index (χ4n) is 8.67. The Bertz CT molecular complexity index is 2760. The third kappa shape index (κ3) is 6.46. The van der Waals surface area contributed by atoms with Gasteiger partial charge in [0, 0.05) is 58.4 Å². The Kier molecular flexibility index (Phi) is 10.2. The van der Waals surface area contributed by atoms with E-state index < -0.39 is 5.97 Å². The van der Waals surface area contributed by atoms with Crippen LogP contribution in [0.25, 0.3) is 32.9 Å². The van der Waals surface area contributed by atoms with E-state index in [1.807, 2.05) is 88.0 Å². The van der Waals surface area contributed by atoms with Gasteiger partial charge in [-0.3, -0.25) is 14.5 Å². The lowest BCUT2D eigenvalue weighted by Crippen LogP contribution is -2.43. The second kappa shape index (κ2) is 15.2. The molecular formula is C45H44Cl2N6O5. The zero-order valence-electron chi connectivity index (χ0n) is 33.5. The van der Waals surface area contributed by atoms with Crippen LogP contribution in [0.1, 0.15) is 74.1 Å². The fraction of sp³-hybridized carbons (Fsp3) is 0.289. The number of fused-ring (bicyclic) bond motifs is 4. The zero-order valence-corrected chi connectivity index (χ0v) is 35.0. The zero-order chi connectivity index (χ0) is 41.2. The Balaban J connectivity index is 1.32. The van der Waals surface area contributed by atoms with E-state index in [0.29, 0.717) is 63.2 Å². The lowest BCUT2D eigenvalue weighted by Gasteiger charge is -2.34. The predicted molar refractivity (Wildman–Crippen MR) is 229 cm³/mol. The number of hydrogen-bond donors (Lipinski definition) is 1. The summed E-state index contributed by atoms with van der Waals surface area (Å²) in [6.45, 7) is 10.7. The summed E-state index contributed by atoms with van der Waals surface area (Å²) in [5.74, 6) is -0.192. The highest BCUT2D eigenvalue weighted by Gasteiger charge is 2.40. The maximum atomic E-state index is 15.5. The van der Waals surface area contributed by atoms with Crippen LogP contribution >= 0.6 is 23.2 Å². The van der Waals surface area contributed by atoms with Crippen LogP contribution in [-0.2, 0) is 20.0 Å². The number of anilines is 1. The van der Waals surface area contributed by atoms with Gasteiger partial charge in [0.25, 0.3) is 5.91 Å². The van der Waals surface area contributed by atoms with E-state index in [9.17, 15) is 9.90 Å². The summed E-state index contributed by atoms with van der Waals surface area (Å²) in [6.07, 6.45) is 2.78. The Labute approximate surface area is 346 Å². The molecule has 0 saturated carbocycles. The van der Waals surface area contributed by atoms with E-state index in [4.69, 9.17) is 37.8 Å². The molecule has 11 nitrogen and oxygen atoms in total. The summed E-state index contributed by atoms with van der Waals surface area (Å²) in [5, 5.41) is 18.5. The first-order valence-electron chi connectivity index (χ1n) is 19.2. The third-order valence-corrected chi connectivity index (χ3v) is 12.2. The van der Waals surface area contributed by atoms with Crippen molar-refractivity contribution in [3.63, 3.8) is 0 Å². The Morgan fingerprint density at radius 3 is 2.38 bits per heavy atom. The molecule has 0 radical (unpaired) electrons. The van der Waals surface area contributed by atoms with Gasteiger partial charge in [0.15, 0.2) is 5.69 Å². The predicted octanol–water partition coefficient (Wildman–Crippen LogP) is 9.92. The topological polar surface area (TPSA) is 117 Å². The van der Waals surface area contributed by atoms with Crippen LogP contribution in [0, 0.1) is 27.7 Å². The van der Waals surface area contributed by atoms with Gasteiger partial charge in [-0.25, -0.2) is 4.79 Å². The van der Waals surface area contributed by atoms with Crippen LogP contribution < -0.4 is 14.4 Å². The molecule has 1 aliphatic rings. The van der Waals surface area contributed by atoms with Gasteiger partial charge in [-0.05, 0) is 113 Å². The minimum absolute atomic E-state index is 0.00661. The van der Waals surface area contributed by atoms with Crippen LogP contribution in [-0.4, -0.2) is 61.1 Å². The van der Waals surface area contributed by atoms with Gasteiger partial charge in [-0.1, -0.05) is 35.3 Å². The Morgan fingerprint density at radius 1 is 0.966 bits per heavy atom. The molecule has 1 aliphatic heterocycles. The first-order valence-corrected chi connectivity index (χ1v) is 20.0. The number of carboxylic acid groups (broad SMARTS) is 1. The molecule has 0 bridgehead atoms. The van der Waals surface area contributed by atoms with Gasteiger partial charge >= 0.3 is 5.97 Å². The van der Waals surface area contributed by atoms with Gasteiger partial charge in [-0.15, -0.1) is 0 Å². The van der Waals surface area contributed by atoms with Gasteiger partial charge in [-0.2, -0.15) is 5.10 Å². The molecule has 0 unspecified atom stereocenters. The molecule has 0 saturated heterocycles. The SMILES string of the molecule is COc1ccc2c(c1)c(N1C[C@@H](C)n3c(c(CCCOc4cc(C)c(Cl)c(C)c4)c4ccc(Cl)c(-c5c(C)nn(C)c5C)c43)C1=O)c(C(=O)O)n2Cc1ccccn1. The maximum Gasteiger partial charge on any atom is 0.354 e. The molecule has 1 atom stereocenters. The second-order valence-electron chi connectivity index (χ2n) is 15.1. The highest BCUT2D eigenvalue weighted by atomic mass is 35.5. The number of nitrogens with zero attached hydrogens (tertiary/aromatic N) is 6. The van der Waals surface area contributed by atoms with Crippen molar-refractivity contribution in [2.24, 2.45) is 7.05 Å². The number of carbonyl (C=O) groups is 2. The van der Waals surface area contributed by atoms with Gasteiger partial charge in [0.1, 0.15) is 17.2 Å². The van der Waals surface area contributed by atoms with Crippen molar-refractivity contribution in [1.29, 1.82) is 0 Å². The molecule has 5 heterocycles. The molecule has 58 heavy (non-hydrogen) atoms. The number of rotatable bonds is 11. The van der Waals surface area contributed by atoms with Crippen LogP contribution in [0.3, 0.4) is 0 Å². The summed E-state index contributed by atoms with van der Waals surface area (Å²) in [7, 11) is 3.47. The number of benzene rings is 3. The quantitative estimate of drug-likeness (QED) is 0.129. The van der Waals surface area contributed by atoms with Crippen molar-refractivity contribution >= 4 is 62.6 Å². The molecule has 1 N–H and O–H groups in total. The van der Waals surface area contributed by atoms with E-state index in [1.54, 1.807) is 34.9 Å². The molecule has 0 aliphatic carbocycles. The normalized spacial score (nSPS) is 14.1. The molecule has 1 amide bonds. The van der Waals surface area contributed by atoms with Gasteiger partial charge < -0.3 is 28.6 Å². The molecule has 298 valence electrons. The van der Waals surface area contributed by atoms with Crippen LogP contribution in [0.15, 0.2) is 66.9 Å². The summed E-state index contributed by atoms with van der Waals surface area (Å²) in [5.41, 5.74) is 9.19. The smallest absolute Gasteiger partial charge is 0.354 e. The summed E-state index contributed by atoms with van der Waals surface area (Å²) in [6, 6.07) is 18.4. The Hall–Kier alpha value is -5.78. The maximum absolute atomic E-state index is 15.5. The van der Waals surface area contributed by atoms with E-state index in [-0.39, 0.29) is 30.7 Å². The average molecular weight is 820 g/mol. The number of aromatic nitrogens is 5. The van der Waals surface area contributed by atoms with E-state index in [1.165, 1.54) is 0 Å². The average Bonchev–Trinajstić information content (AvgIpc) is 3.79. The molecule has 0 fully saturated rings. The molecule has 13 heteroatoms. The highest BCUT2D eigenvalue weighted by Crippen LogP contribution is 2.47. The number of aromatic carboxylic acids is 1. The lowest BCUT2D eigenvalue weighted by molar-refractivity contribution is 0.0687. The first-order chi connectivity index (χ1) is 27.8. The van der Waals surface area contributed by atoms with Crippen molar-refractivity contribution in [3.8, 4) is 22.6 Å². The molecule has 3 aromatic carbocycles. The summed E-state index contributed by atoms with van der Waals surface area (Å²) in [4.78, 5) is 35.1. The molecule has 4 aromatic heterocycles. The van der Waals surface area contributed by atoms with Crippen LogP contribution in [0.5, 0.6) is 11.5 Å². The number of amides is 1. The largest absolute Gasteiger partial charge is 0.497 e. The monoisotopic (exact) mass is 818 g/mol. The standard InChI is InChI=1S/C45H44Cl2N6O5/c1-24-19-31(20-25(2)39(24)47)58-18-10-12-32-33-14-15-35(46)38(37-27(4)49-50(6)28(37)5)40(33)53-26(3)22-52(44(54)42(32)53)41-34-21-30(57-7)13-16-36(34)51(43(41)45(55)56)23-29-11-8-9-17-48-29/h8-9,11,13-17,19-21,26H,10,12,18,22-23H2,1-7H3,(H,55,56)/t26-/m1/s1. The van der Waals surface area contributed by atoms with E-state index >= 15 is 4.79 Å². The minimum Gasteiger partial charge on any atom is -0.497 e.